The number of nitrogens with one attached hydrogen (secondary N) is 2. The number of carbonyl (C=O) groups is 1. The van der Waals surface area contributed by atoms with Crippen molar-refractivity contribution in [3.8, 4) is 0 Å². The topological polar surface area (TPSA) is 41.1 Å². The van der Waals surface area contributed by atoms with Gasteiger partial charge in [-0.2, -0.15) is 0 Å². The predicted molar refractivity (Wildman–Crippen MR) is 76.8 cm³/mol. The molecule has 108 valence electrons. The van der Waals surface area contributed by atoms with E-state index in [0.717, 1.165) is 31.3 Å². The van der Waals surface area contributed by atoms with Gasteiger partial charge in [0.15, 0.2) is 0 Å². The molecule has 3 rings (SSSR count). The zero-order valence-electron chi connectivity index (χ0n) is 12.0. The maximum atomic E-state index is 12.2. The summed E-state index contributed by atoms with van der Waals surface area (Å²) in [7, 11) is 0. The molecule has 3 unspecified atom stereocenters. The largest absolute Gasteiger partial charge is 0.355 e. The Kier molecular flexibility index (Phi) is 4.42. The summed E-state index contributed by atoms with van der Waals surface area (Å²) < 4.78 is 0. The quantitative estimate of drug-likeness (QED) is 0.749. The zero-order valence-corrected chi connectivity index (χ0v) is 12.0. The van der Waals surface area contributed by atoms with Crippen molar-refractivity contribution >= 4 is 5.91 Å². The minimum absolute atomic E-state index is 0.110. The van der Waals surface area contributed by atoms with Crippen LogP contribution in [0.25, 0.3) is 0 Å². The van der Waals surface area contributed by atoms with Gasteiger partial charge in [-0.3, -0.25) is 4.79 Å². The summed E-state index contributed by atoms with van der Waals surface area (Å²) >= 11 is 0. The smallest absolute Gasteiger partial charge is 0.237 e. The second-order valence-corrected chi connectivity index (χ2v) is 6.82. The molecule has 1 saturated heterocycles. The van der Waals surface area contributed by atoms with Crippen LogP contribution < -0.4 is 10.6 Å². The molecule has 3 nitrogen and oxygen atoms in total. The standard InChI is InChI=1S/C16H28N2O/c19-16(15-14-9-3-8-13(14)11-18-15)17-10-4-7-12-5-1-2-6-12/h12-15,18H,1-11H2,(H,17,19). The first kappa shape index (κ1) is 13.4. The summed E-state index contributed by atoms with van der Waals surface area (Å²) in [6.07, 6.45) is 12.0. The highest BCUT2D eigenvalue weighted by Gasteiger charge is 2.42. The first-order chi connectivity index (χ1) is 9.34. The van der Waals surface area contributed by atoms with Crippen LogP contribution in [0.3, 0.4) is 0 Å². The van der Waals surface area contributed by atoms with Crippen molar-refractivity contribution < 1.29 is 4.79 Å². The fraction of sp³-hybridized carbons (Fsp3) is 0.938. The molecule has 2 saturated carbocycles. The SMILES string of the molecule is O=C(NCCCC1CCCC1)C1NCC2CCCC21. The van der Waals surface area contributed by atoms with E-state index >= 15 is 0 Å². The molecule has 0 aromatic rings. The Hall–Kier alpha value is -0.570. The van der Waals surface area contributed by atoms with Crippen molar-refractivity contribution in [1.82, 2.24) is 10.6 Å². The monoisotopic (exact) mass is 264 g/mol. The Balaban J connectivity index is 1.34. The Morgan fingerprint density at radius 2 is 1.95 bits per heavy atom. The lowest BCUT2D eigenvalue weighted by molar-refractivity contribution is -0.123. The first-order valence-electron chi connectivity index (χ1n) is 8.35. The van der Waals surface area contributed by atoms with Crippen molar-refractivity contribution in [2.24, 2.45) is 17.8 Å². The molecule has 1 aliphatic heterocycles. The van der Waals surface area contributed by atoms with Crippen molar-refractivity contribution in [1.29, 1.82) is 0 Å². The average molecular weight is 264 g/mol. The van der Waals surface area contributed by atoms with Gasteiger partial charge in [-0.25, -0.2) is 0 Å². The summed E-state index contributed by atoms with van der Waals surface area (Å²) in [5.74, 6) is 2.60. The Morgan fingerprint density at radius 1 is 1.11 bits per heavy atom. The molecule has 0 bridgehead atoms. The van der Waals surface area contributed by atoms with E-state index < -0.39 is 0 Å². The third-order valence-electron chi connectivity index (χ3n) is 5.59. The van der Waals surface area contributed by atoms with Crippen molar-refractivity contribution in [3.05, 3.63) is 0 Å². The van der Waals surface area contributed by atoms with Gasteiger partial charge < -0.3 is 10.6 Å². The van der Waals surface area contributed by atoms with Crippen LogP contribution in [0.1, 0.15) is 57.8 Å². The van der Waals surface area contributed by atoms with Crippen molar-refractivity contribution in [3.63, 3.8) is 0 Å². The molecule has 0 radical (unpaired) electrons. The molecule has 0 spiro atoms. The normalized spacial score (nSPS) is 34.6. The summed E-state index contributed by atoms with van der Waals surface area (Å²) in [4.78, 5) is 12.2. The number of carbonyl (C=O) groups excluding carboxylic acids is 1. The summed E-state index contributed by atoms with van der Waals surface area (Å²) in [5, 5.41) is 6.59. The zero-order chi connectivity index (χ0) is 13.1. The molecule has 0 aromatic heterocycles. The highest BCUT2D eigenvalue weighted by atomic mass is 16.2. The Bertz CT molecular complexity index is 312. The first-order valence-corrected chi connectivity index (χ1v) is 8.35. The molecule has 3 atom stereocenters. The fourth-order valence-corrected chi connectivity index (χ4v) is 4.49. The predicted octanol–water partition coefficient (Wildman–Crippen LogP) is 2.46. The van der Waals surface area contributed by atoms with Gasteiger partial charge in [0.25, 0.3) is 0 Å². The Labute approximate surface area is 116 Å². The number of hydrogen-bond acceptors (Lipinski definition) is 2. The third-order valence-corrected chi connectivity index (χ3v) is 5.59. The molecule has 1 amide bonds. The molecule has 2 aliphatic carbocycles. The molecular weight excluding hydrogens is 236 g/mol. The van der Waals surface area contributed by atoms with Gasteiger partial charge >= 0.3 is 0 Å². The average Bonchev–Trinajstić information content (AvgIpc) is 3.10. The minimum Gasteiger partial charge on any atom is -0.355 e. The second kappa shape index (κ2) is 6.25. The van der Waals surface area contributed by atoms with Gasteiger partial charge in [0.1, 0.15) is 0 Å². The van der Waals surface area contributed by atoms with E-state index in [1.807, 2.05) is 0 Å². The molecule has 19 heavy (non-hydrogen) atoms. The van der Waals surface area contributed by atoms with Crippen LogP contribution in [0.5, 0.6) is 0 Å². The molecule has 2 N–H and O–H groups in total. The summed E-state index contributed by atoms with van der Waals surface area (Å²) in [6, 6.07) is 0.110. The second-order valence-electron chi connectivity index (χ2n) is 6.82. The van der Waals surface area contributed by atoms with Crippen molar-refractivity contribution in [2.45, 2.75) is 63.8 Å². The van der Waals surface area contributed by atoms with Gasteiger partial charge in [0, 0.05) is 6.54 Å². The molecule has 1 heterocycles. The summed E-state index contributed by atoms with van der Waals surface area (Å²) in [6.45, 7) is 1.94. The highest BCUT2D eigenvalue weighted by Crippen LogP contribution is 2.37. The van der Waals surface area contributed by atoms with Gasteiger partial charge in [0.05, 0.1) is 6.04 Å². The van der Waals surface area contributed by atoms with Crippen LogP contribution in [0.4, 0.5) is 0 Å². The van der Waals surface area contributed by atoms with E-state index in [1.54, 1.807) is 0 Å². The number of rotatable bonds is 5. The van der Waals surface area contributed by atoms with Crippen LogP contribution in [0, 0.1) is 17.8 Å². The van der Waals surface area contributed by atoms with E-state index in [0.29, 0.717) is 5.92 Å². The lowest BCUT2D eigenvalue weighted by atomic mass is 9.93. The maximum absolute atomic E-state index is 12.2. The highest BCUT2D eigenvalue weighted by molar-refractivity contribution is 5.82. The third kappa shape index (κ3) is 3.13. The van der Waals surface area contributed by atoms with Gasteiger partial charge in [-0.15, -0.1) is 0 Å². The van der Waals surface area contributed by atoms with Crippen LogP contribution in [-0.2, 0) is 4.79 Å². The fourth-order valence-electron chi connectivity index (χ4n) is 4.49. The molecule has 0 aromatic carbocycles. The van der Waals surface area contributed by atoms with E-state index in [9.17, 15) is 4.79 Å². The number of hydrogen-bond donors (Lipinski definition) is 2. The van der Waals surface area contributed by atoms with Crippen LogP contribution in [0.15, 0.2) is 0 Å². The number of fused-ring (bicyclic) bond motifs is 1. The molecular formula is C16H28N2O. The van der Waals surface area contributed by atoms with Crippen LogP contribution in [0.2, 0.25) is 0 Å². The van der Waals surface area contributed by atoms with E-state index in [1.165, 1.54) is 51.4 Å². The molecule has 3 aliphatic rings. The van der Waals surface area contributed by atoms with Crippen LogP contribution >= 0.6 is 0 Å². The maximum Gasteiger partial charge on any atom is 0.237 e. The molecule has 3 heteroatoms. The van der Waals surface area contributed by atoms with Crippen molar-refractivity contribution in [2.75, 3.05) is 13.1 Å². The van der Waals surface area contributed by atoms with E-state index in [4.69, 9.17) is 0 Å². The van der Waals surface area contributed by atoms with Gasteiger partial charge in [-0.1, -0.05) is 32.1 Å². The lowest BCUT2D eigenvalue weighted by Gasteiger charge is -2.18. The summed E-state index contributed by atoms with van der Waals surface area (Å²) in [5.41, 5.74) is 0. The lowest BCUT2D eigenvalue weighted by Crippen LogP contribution is -2.44. The van der Waals surface area contributed by atoms with Gasteiger partial charge in [0.2, 0.25) is 5.91 Å². The van der Waals surface area contributed by atoms with E-state index in [-0.39, 0.29) is 11.9 Å². The number of amides is 1. The molecule has 3 fully saturated rings. The van der Waals surface area contributed by atoms with E-state index in [2.05, 4.69) is 10.6 Å². The van der Waals surface area contributed by atoms with Gasteiger partial charge in [-0.05, 0) is 50.0 Å². The van der Waals surface area contributed by atoms with Crippen LogP contribution in [-0.4, -0.2) is 25.0 Å². The minimum atomic E-state index is 0.110. The Morgan fingerprint density at radius 3 is 2.79 bits per heavy atom.